The number of benzene rings is 1. The summed E-state index contributed by atoms with van der Waals surface area (Å²) < 4.78 is 8.31. The van der Waals surface area contributed by atoms with Gasteiger partial charge >= 0.3 is 5.97 Å². The van der Waals surface area contributed by atoms with Crippen molar-refractivity contribution in [3.8, 4) is 5.75 Å². The molecule has 1 N–H and O–H groups in total. The number of rotatable bonds is 5. The van der Waals surface area contributed by atoms with E-state index < -0.39 is 5.97 Å². The van der Waals surface area contributed by atoms with Crippen LogP contribution in [-0.2, 0) is 13.2 Å². The summed E-state index contributed by atoms with van der Waals surface area (Å²) in [6.45, 7) is 3.07. The third kappa shape index (κ3) is 3.14. The predicted octanol–water partition coefficient (Wildman–Crippen LogP) is 2.94. The highest BCUT2D eigenvalue weighted by molar-refractivity contribution is 9.10. The Labute approximate surface area is 118 Å². The van der Waals surface area contributed by atoms with Crippen molar-refractivity contribution in [2.45, 2.75) is 20.1 Å². The van der Waals surface area contributed by atoms with Crippen molar-refractivity contribution in [3.05, 3.63) is 46.2 Å². The van der Waals surface area contributed by atoms with Gasteiger partial charge in [0.2, 0.25) is 0 Å². The van der Waals surface area contributed by atoms with Crippen LogP contribution in [0.4, 0.5) is 0 Å². The molecule has 0 saturated carbocycles. The van der Waals surface area contributed by atoms with Gasteiger partial charge in [-0.05, 0) is 41.1 Å². The Bertz CT molecular complexity index is 595. The number of carbonyl (C=O) groups is 1. The molecule has 0 bridgehead atoms. The summed E-state index contributed by atoms with van der Waals surface area (Å²) in [6, 6.07) is 6.42. The third-order valence-corrected chi connectivity index (χ3v) is 3.32. The summed E-state index contributed by atoms with van der Waals surface area (Å²) in [4.78, 5) is 10.9. The van der Waals surface area contributed by atoms with E-state index in [0.717, 1.165) is 16.7 Å². The third-order valence-electron chi connectivity index (χ3n) is 2.65. The van der Waals surface area contributed by atoms with E-state index in [1.807, 2.05) is 11.6 Å². The van der Waals surface area contributed by atoms with Crippen LogP contribution in [0.15, 0.2) is 34.9 Å². The predicted molar refractivity (Wildman–Crippen MR) is 73.3 cm³/mol. The molecule has 0 radical (unpaired) electrons. The number of aryl methyl sites for hydroxylation is 1. The van der Waals surface area contributed by atoms with Crippen molar-refractivity contribution < 1.29 is 14.6 Å². The quantitative estimate of drug-likeness (QED) is 0.918. The van der Waals surface area contributed by atoms with Crippen LogP contribution in [0.3, 0.4) is 0 Å². The summed E-state index contributed by atoms with van der Waals surface area (Å²) in [5.41, 5.74) is 1.13. The zero-order valence-corrected chi connectivity index (χ0v) is 11.9. The van der Waals surface area contributed by atoms with Crippen LogP contribution in [0, 0.1) is 0 Å². The van der Waals surface area contributed by atoms with E-state index in [2.05, 4.69) is 21.0 Å². The maximum atomic E-state index is 10.9. The number of carboxylic acid groups (broad SMARTS) is 1. The molecular formula is C13H13BrN2O3. The highest BCUT2D eigenvalue weighted by atomic mass is 79.9. The molecule has 5 nitrogen and oxygen atoms in total. The first kappa shape index (κ1) is 13.6. The Morgan fingerprint density at radius 1 is 1.53 bits per heavy atom. The van der Waals surface area contributed by atoms with Gasteiger partial charge in [-0.1, -0.05) is 6.07 Å². The minimum Gasteiger partial charge on any atom is -0.487 e. The summed E-state index contributed by atoms with van der Waals surface area (Å²) in [6.07, 6.45) is 1.72. The topological polar surface area (TPSA) is 64.4 Å². The lowest BCUT2D eigenvalue weighted by molar-refractivity contribution is 0.0696. The number of halogens is 1. The first-order valence-corrected chi connectivity index (χ1v) is 6.57. The molecular weight excluding hydrogens is 312 g/mol. The molecule has 1 heterocycles. The molecule has 2 aromatic rings. The van der Waals surface area contributed by atoms with E-state index in [9.17, 15) is 4.79 Å². The number of hydrogen-bond acceptors (Lipinski definition) is 3. The van der Waals surface area contributed by atoms with Crippen molar-refractivity contribution in [2.75, 3.05) is 0 Å². The van der Waals surface area contributed by atoms with E-state index in [1.165, 1.54) is 12.1 Å². The summed E-state index contributed by atoms with van der Waals surface area (Å²) >= 11 is 3.41. The maximum absolute atomic E-state index is 10.9. The maximum Gasteiger partial charge on any atom is 0.335 e. The molecule has 0 spiro atoms. The molecule has 0 fully saturated rings. The zero-order chi connectivity index (χ0) is 13.8. The van der Waals surface area contributed by atoms with E-state index in [1.54, 1.807) is 18.3 Å². The summed E-state index contributed by atoms with van der Waals surface area (Å²) in [5, 5.41) is 13.1. The Morgan fingerprint density at radius 2 is 2.32 bits per heavy atom. The first-order chi connectivity index (χ1) is 9.11. The molecule has 0 aliphatic heterocycles. The second kappa shape index (κ2) is 5.88. The molecule has 0 atom stereocenters. The van der Waals surface area contributed by atoms with Gasteiger partial charge in [0.1, 0.15) is 12.4 Å². The smallest absolute Gasteiger partial charge is 0.335 e. The van der Waals surface area contributed by atoms with E-state index in [4.69, 9.17) is 9.84 Å². The average molecular weight is 325 g/mol. The second-order valence-corrected chi connectivity index (χ2v) is 4.73. The van der Waals surface area contributed by atoms with Crippen molar-refractivity contribution in [2.24, 2.45) is 0 Å². The van der Waals surface area contributed by atoms with Crippen LogP contribution in [0.5, 0.6) is 5.75 Å². The minimum atomic E-state index is -0.967. The molecule has 0 unspecified atom stereocenters. The lowest BCUT2D eigenvalue weighted by Crippen LogP contribution is -2.07. The average Bonchev–Trinajstić information content (AvgIpc) is 2.77. The highest BCUT2D eigenvalue weighted by Crippen LogP contribution is 2.20. The molecule has 2 rings (SSSR count). The lowest BCUT2D eigenvalue weighted by Gasteiger charge is -2.09. The Balaban J connectivity index is 2.12. The summed E-state index contributed by atoms with van der Waals surface area (Å²) in [5.74, 6) is -0.444. The van der Waals surface area contributed by atoms with Gasteiger partial charge in [0.05, 0.1) is 21.9 Å². The Morgan fingerprint density at radius 3 is 3.00 bits per heavy atom. The van der Waals surface area contributed by atoms with Gasteiger partial charge in [-0.25, -0.2) is 4.79 Å². The molecule has 0 aliphatic carbocycles. The monoisotopic (exact) mass is 324 g/mol. The Kier molecular flexibility index (Phi) is 4.21. The normalized spacial score (nSPS) is 10.4. The molecule has 6 heteroatoms. The molecule has 1 aromatic heterocycles. The van der Waals surface area contributed by atoms with Crippen LogP contribution < -0.4 is 4.74 Å². The number of hydrogen-bond donors (Lipinski definition) is 1. The van der Waals surface area contributed by atoms with Gasteiger partial charge in [0.25, 0.3) is 0 Å². The second-order valence-electron chi connectivity index (χ2n) is 3.88. The number of nitrogens with zero attached hydrogens (tertiary/aromatic N) is 2. The number of ether oxygens (including phenoxy) is 1. The van der Waals surface area contributed by atoms with Gasteiger partial charge in [-0.15, -0.1) is 0 Å². The minimum absolute atomic E-state index is 0.209. The van der Waals surface area contributed by atoms with Crippen LogP contribution in [0.25, 0.3) is 0 Å². The van der Waals surface area contributed by atoms with E-state index in [0.29, 0.717) is 12.4 Å². The molecule has 1 aromatic carbocycles. The van der Waals surface area contributed by atoms with Crippen molar-refractivity contribution in [1.82, 2.24) is 9.78 Å². The van der Waals surface area contributed by atoms with Gasteiger partial charge < -0.3 is 9.84 Å². The van der Waals surface area contributed by atoms with Crippen LogP contribution in [0.1, 0.15) is 23.0 Å². The zero-order valence-electron chi connectivity index (χ0n) is 10.3. The van der Waals surface area contributed by atoms with Crippen LogP contribution in [0.2, 0.25) is 0 Å². The van der Waals surface area contributed by atoms with Crippen LogP contribution in [-0.4, -0.2) is 20.9 Å². The first-order valence-electron chi connectivity index (χ1n) is 5.78. The van der Waals surface area contributed by atoms with Crippen LogP contribution >= 0.6 is 15.9 Å². The molecule has 0 saturated heterocycles. The fourth-order valence-corrected chi connectivity index (χ4v) is 2.09. The van der Waals surface area contributed by atoms with Gasteiger partial charge in [-0.2, -0.15) is 5.10 Å². The number of carboxylic acids is 1. The molecule has 100 valence electrons. The van der Waals surface area contributed by atoms with Crippen molar-refractivity contribution in [1.29, 1.82) is 0 Å². The van der Waals surface area contributed by atoms with Gasteiger partial charge in [0.15, 0.2) is 0 Å². The van der Waals surface area contributed by atoms with E-state index in [-0.39, 0.29) is 5.56 Å². The van der Waals surface area contributed by atoms with Crippen molar-refractivity contribution >= 4 is 21.9 Å². The fraction of sp³-hybridized carbons (Fsp3) is 0.231. The molecule has 0 aliphatic rings. The van der Waals surface area contributed by atoms with E-state index >= 15 is 0 Å². The number of aromatic nitrogens is 2. The SMILES string of the molecule is CCn1ncc(Br)c1COc1cccc(C(=O)O)c1. The summed E-state index contributed by atoms with van der Waals surface area (Å²) in [7, 11) is 0. The van der Waals surface area contributed by atoms with Crippen molar-refractivity contribution in [3.63, 3.8) is 0 Å². The van der Waals surface area contributed by atoms with Gasteiger partial charge in [0, 0.05) is 6.54 Å². The molecule has 0 amide bonds. The molecule has 19 heavy (non-hydrogen) atoms. The largest absolute Gasteiger partial charge is 0.487 e. The lowest BCUT2D eigenvalue weighted by atomic mass is 10.2. The standard InChI is InChI=1S/C13H13BrN2O3/c1-2-16-12(11(14)7-15-16)8-19-10-5-3-4-9(6-10)13(17)18/h3-7H,2,8H2,1H3,(H,17,18). The number of aromatic carboxylic acids is 1. The highest BCUT2D eigenvalue weighted by Gasteiger charge is 2.09. The van der Waals surface area contributed by atoms with Gasteiger partial charge in [-0.3, -0.25) is 4.68 Å². The Hall–Kier alpha value is -1.82. The fourth-order valence-electron chi connectivity index (χ4n) is 1.67.